The van der Waals surface area contributed by atoms with E-state index in [-0.39, 0.29) is 17.4 Å². The molecule has 3 aromatic rings. The fourth-order valence-electron chi connectivity index (χ4n) is 4.26. The molecule has 1 unspecified atom stereocenters. The summed E-state index contributed by atoms with van der Waals surface area (Å²) in [7, 11) is -2.42. The van der Waals surface area contributed by atoms with E-state index in [1.165, 1.54) is 7.11 Å². The molecule has 0 N–H and O–H groups in total. The van der Waals surface area contributed by atoms with Crippen LogP contribution in [-0.4, -0.2) is 39.9 Å². The number of anilines is 1. The SMILES string of the molecule is COC(=O)c1ccc(C2=C(S(=O)(=O)c3ccccc3)CN(c3ccc(C)cc3)CC2CBr)cc1. The Labute approximate surface area is 209 Å². The van der Waals surface area contributed by atoms with E-state index in [2.05, 4.69) is 20.8 Å². The molecule has 0 bridgehead atoms. The zero-order valence-corrected chi connectivity index (χ0v) is 21.5. The first-order chi connectivity index (χ1) is 16.3. The number of alkyl halides is 1. The molecule has 34 heavy (non-hydrogen) atoms. The van der Waals surface area contributed by atoms with Crippen molar-refractivity contribution in [1.82, 2.24) is 0 Å². The van der Waals surface area contributed by atoms with Gasteiger partial charge in [-0.25, -0.2) is 13.2 Å². The van der Waals surface area contributed by atoms with Crippen molar-refractivity contribution in [2.24, 2.45) is 5.92 Å². The Hall–Kier alpha value is -2.90. The number of rotatable bonds is 6. The molecule has 5 nitrogen and oxygen atoms in total. The van der Waals surface area contributed by atoms with Crippen LogP contribution in [0.3, 0.4) is 0 Å². The lowest BCUT2D eigenvalue weighted by Gasteiger charge is -2.37. The van der Waals surface area contributed by atoms with Gasteiger partial charge in [0, 0.05) is 23.5 Å². The van der Waals surface area contributed by atoms with Crippen LogP contribution < -0.4 is 4.90 Å². The topological polar surface area (TPSA) is 63.7 Å². The number of nitrogens with zero attached hydrogens (tertiary/aromatic N) is 1. The van der Waals surface area contributed by atoms with Crippen molar-refractivity contribution in [2.75, 3.05) is 30.4 Å². The molecule has 0 radical (unpaired) electrons. The quantitative estimate of drug-likeness (QED) is 0.305. The first-order valence-electron chi connectivity index (χ1n) is 10.9. The largest absolute Gasteiger partial charge is 0.465 e. The van der Waals surface area contributed by atoms with Crippen LogP contribution in [0.15, 0.2) is 88.7 Å². The maximum absolute atomic E-state index is 13.9. The van der Waals surface area contributed by atoms with Crippen LogP contribution in [0.1, 0.15) is 21.5 Å². The molecule has 4 rings (SSSR count). The molecule has 1 heterocycles. The number of carbonyl (C=O) groups is 1. The van der Waals surface area contributed by atoms with Gasteiger partial charge in [-0.15, -0.1) is 0 Å². The molecule has 0 spiro atoms. The predicted molar refractivity (Wildman–Crippen MR) is 139 cm³/mol. The number of esters is 1. The fourth-order valence-corrected chi connectivity index (χ4v) is 6.49. The Kier molecular flexibility index (Phi) is 7.24. The van der Waals surface area contributed by atoms with Gasteiger partial charge in [-0.1, -0.05) is 64.0 Å². The van der Waals surface area contributed by atoms with Gasteiger partial charge >= 0.3 is 5.97 Å². The van der Waals surface area contributed by atoms with E-state index in [9.17, 15) is 13.2 Å². The lowest BCUT2D eigenvalue weighted by atomic mass is 9.89. The van der Waals surface area contributed by atoms with Crippen molar-refractivity contribution in [3.63, 3.8) is 0 Å². The van der Waals surface area contributed by atoms with Gasteiger partial charge in [-0.05, 0) is 54.5 Å². The standard InChI is InChI=1S/C27H26BrNO4S/c1-19-8-14-23(15-9-19)29-17-22(16-28)26(20-10-12-21(13-11-20)27(30)33-2)25(18-29)34(31,32)24-6-4-3-5-7-24/h3-15,22H,16-18H2,1-2H3. The molecular formula is C27H26BrNO4S. The first-order valence-corrected chi connectivity index (χ1v) is 13.5. The number of halogens is 1. The second kappa shape index (κ2) is 10.2. The molecule has 3 aromatic carbocycles. The summed E-state index contributed by atoms with van der Waals surface area (Å²) in [5.74, 6) is -0.503. The summed E-state index contributed by atoms with van der Waals surface area (Å²) in [6.07, 6.45) is 0. The Morgan fingerprint density at radius 3 is 2.24 bits per heavy atom. The van der Waals surface area contributed by atoms with Gasteiger partial charge in [0.1, 0.15) is 0 Å². The van der Waals surface area contributed by atoms with Gasteiger partial charge in [-0.3, -0.25) is 0 Å². The summed E-state index contributed by atoms with van der Waals surface area (Å²) in [4.78, 5) is 14.7. The van der Waals surface area contributed by atoms with Crippen LogP contribution in [0.2, 0.25) is 0 Å². The van der Waals surface area contributed by atoms with Crippen LogP contribution in [0, 0.1) is 12.8 Å². The lowest BCUT2D eigenvalue weighted by molar-refractivity contribution is 0.0600. The van der Waals surface area contributed by atoms with Gasteiger partial charge in [0.25, 0.3) is 0 Å². The molecule has 1 aliphatic heterocycles. The highest BCUT2D eigenvalue weighted by Gasteiger charge is 2.35. The molecular weight excluding hydrogens is 514 g/mol. The smallest absolute Gasteiger partial charge is 0.337 e. The summed E-state index contributed by atoms with van der Waals surface area (Å²) in [6.45, 7) is 2.95. The average Bonchev–Trinajstić information content (AvgIpc) is 2.88. The third kappa shape index (κ3) is 4.81. The molecule has 0 aromatic heterocycles. The molecule has 176 valence electrons. The summed E-state index contributed by atoms with van der Waals surface area (Å²) < 4.78 is 32.6. The molecule has 7 heteroatoms. The Morgan fingerprint density at radius 2 is 1.65 bits per heavy atom. The van der Waals surface area contributed by atoms with E-state index in [0.29, 0.717) is 22.3 Å². The number of aryl methyl sites for hydroxylation is 1. The molecule has 0 saturated carbocycles. The number of methoxy groups -OCH3 is 1. The monoisotopic (exact) mass is 539 g/mol. The summed E-state index contributed by atoms with van der Waals surface area (Å²) in [5, 5.41) is 0.595. The van der Waals surface area contributed by atoms with Gasteiger partial charge in [-0.2, -0.15) is 0 Å². The first kappa shape index (κ1) is 24.2. The van der Waals surface area contributed by atoms with Crippen molar-refractivity contribution >= 4 is 43.0 Å². The average molecular weight is 540 g/mol. The highest BCUT2D eigenvalue weighted by atomic mass is 79.9. The van der Waals surface area contributed by atoms with Gasteiger partial charge in [0.05, 0.1) is 29.0 Å². The molecule has 0 amide bonds. The zero-order valence-electron chi connectivity index (χ0n) is 19.1. The van der Waals surface area contributed by atoms with Gasteiger partial charge in [0.2, 0.25) is 9.84 Å². The van der Waals surface area contributed by atoms with E-state index in [1.54, 1.807) is 54.6 Å². The van der Waals surface area contributed by atoms with Crippen LogP contribution in [0.4, 0.5) is 5.69 Å². The minimum atomic E-state index is -3.76. The van der Waals surface area contributed by atoms with Crippen molar-refractivity contribution in [1.29, 1.82) is 0 Å². The maximum atomic E-state index is 13.9. The van der Waals surface area contributed by atoms with E-state index >= 15 is 0 Å². The molecule has 1 atom stereocenters. The Morgan fingerprint density at radius 1 is 1.00 bits per heavy atom. The minimum absolute atomic E-state index is 0.0764. The fraction of sp³-hybridized carbons (Fsp3) is 0.222. The normalized spacial score (nSPS) is 16.4. The van der Waals surface area contributed by atoms with Crippen molar-refractivity contribution < 1.29 is 17.9 Å². The highest BCUT2D eigenvalue weighted by Crippen LogP contribution is 2.39. The zero-order chi connectivity index (χ0) is 24.3. The predicted octanol–water partition coefficient (Wildman–Crippen LogP) is 5.50. The highest BCUT2D eigenvalue weighted by molar-refractivity contribution is 9.09. The Bertz CT molecular complexity index is 1300. The Balaban J connectivity index is 1.88. The number of hydrogen-bond acceptors (Lipinski definition) is 5. The van der Waals surface area contributed by atoms with Crippen molar-refractivity contribution in [3.05, 3.63) is 100 Å². The van der Waals surface area contributed by atoms with E-state index < -0.39 is 15.8 Å². The second-order valence-electron chi connectivity index (χ2n) is 8.29. The molecule has 0 fully saturated rings. The number of ether oxygens (including phenoxy) is 1. The second-order valence-corrected chi connectivity index (χ2v) is 10.9. The summed E-state index contributed by atoms with van der Waals surface area (Å²) >= 11 is 3.63. The molecule has 1 aliphatic rings. The summed E-state index contributed by atoms with van der Waals surface area (Å²) in [6, 6.07) is 23.6. The van der Waals surface area contributed by atoms with Gasteiger partial charge in [0.15, 0.2) is 0 Å². The number of sulfone groups is 1. The van der Waals surface area contributed by atoms with E-state index in [4.69, 9.17) is 4.74 Å². The molecule has 0 saturated heterocycles. The maximum Gasteiger partial charge on any atom is 0.337 e. The summed E-state index contributed by atoms with van der Waals surface area (Å²) in [5.41, 5.74) is 4.12. The number of hydrogen-bond donors (Lipinski definition) is 0. The third-order valence-electron chi connectivity index (χ3n) is 6.06. The van der Waals surface area contributed by atoms with E-state index in [0.717, 1.165) is 22.4 Å². The van der Waals surface area contributed by atoms with Crippen LogP contribution in [0.5, 0.6) is 0 Å². The van der Waals surface area contributed by atoms with Crippen LogP contribution in [-0.2, 0) is 14.6 Å². The van der Waals surface area contributed by atoms with E-state index in [1.807, 2.05) is 31.2 Å². The van der Waals surface area contributed by atoms with Crippen molar-refractivity contribution in [2.45, 2.75) is 11.8 Å². The minimum Gasteiger partial charge on any atom is -0.465 e. The number of carbonyl (C=O) groups excluding carboxylic acids is 1. The van der Waals surface area contributed by atoms with Crippen molar-refractivity contribution in [3.8, 4) is 0 Å². The van der Waals surface area contributed by atoms with Crippen LogP contribution in [0.25, 0.3) is 5.57 Å². The molecule has 0 aliphatic carbocycles. The number of benzene rings is 3. The lowest BCUT2D eigenvalue weighted by Crippen LogP contribution is -2.39. The van der Waals surface area contributed by atoms with Crippen LogP contribution >= 0.6 is 15.9 Å². The third-order valence-corrected chi connectivity index (χ3v) is 8.74. The van der Waals surface area contributed by atoms with Gasteiger partial charge < -0.3 is 9.64 Å².